The van der Waals surface area contributed by atoms with Crippen LogP contribution >= 0.6 is 0 Å². The number of amides is 3. The third-order valence-corrected chi connectivity index (χ3v) is 3.53. The van der Waals surface area contributed by atoms with Crippen LogP contribution in [0, 0.1) is 0 Å². The molecule has 20 heavy (non-hydrogen) atoms. The van der Waals surface area contributed by atoms with Gasteiger partial charge in [-0.2, -0.15) is 0 Å². The van der Waals surface area contributed by atoms with Gasteiger partial charge in [-0.3, -0.25) is 19.4 Å². The minimum Gasteiger partial charge on any atom is -0.444 e. The molecule has 0 radical (unpaired) electrons. The summed E-state index contributed by atoms with van der Waals surface area (Å²) >= 11 is 0. The van der Waals surface area contributed by atoms with E-state index in [1.165, 1.54) is 9.80 Å². The van der Waals surface area contributed by atoms with Gasteiger partial charge >= 0.3 is 6.09 Å². The molecular formula is C14H22N2O4. The molecule has 0 atom stereocenters. The van der Waals surface area contributed by atoms with E-state index in [0.29, 0.717) is 0 Å². The number of imide groups is 1. The molecule has 6 heteroatoms. The van der Waals surface area contributed by atoms with Crippen LogP contribution in [0.2, 0.25) is 0 Å². The van der Waals surface area contributed by atoms with Gasteiger partial charge in [-0.1, -0.05) is 12.8 Å². The minimum atomic E-state index is -0.633. The monoisotopic (exact) mass is 282 g/mol. The first kappa shape index (κ1) is 14.8. The van der Waals surface area contributed by atoms with Crippen molar-refractivity contribution >= 4 is 17.9 Å². The second-order valence-corrected chi connectivity index (χ2v) is 6.43. The average Bonchev–Trinajstić information content (AvgIpc) is 2.79. The summed E-state index contributed by atoms with van der Waals surface area (Å²) in [5, 5.41) is 0. The van der Waals surface area contributed by atoms with Crippen LogP contribution in [-0.4, -0.2) is 52.4 Å². The number of hydrogen-bond donors (Lipinski definition) is 0. The first-order chi connectivity index (χ1) is 9.28. The van der Waals surface area contributed by atoms with Gasteiger partial charge in [0.25, 0.3) is 0 Å². The second kappa shape index (κ2) is 5.42. The number of hydrogen-bond acceptors (Lipinski definition) is 4. The van der Waals surface area contributed by atoms with Gasteiger partial charge < -0.3 is 4.74 Å². The van der Waals surface area contributed by atoms with E-state index >= 15 is 0 Å². The van der Waals surface area contributed by atoms with Crippen LogP contribution in [0.5, 0.6) is 0 Å². The maximum Gasteiger partial charge on any atom is 0.411 e. The van der Waals surface area contributed by atoms with Crippen molar-refractivity contribution in [3.05, 3.63) is 0 Å². The van der Waals surface area contributed by atoms with Crippen LogP contribution in [0.25, 0.3) is 0 Å². The maximum atomic E-state index is 12.1. The quantitative estimate of drug-likeness (QED) is 0.684. The zero-order chi connectivity index (χ0) is 14.9. The van der Waals surface area contributed by atoms with Crippen LogP contribution < -0.4 is 0 Å². The summed E-state index contributed by atoms with van der Waals surface area (Å²) in [6, 6.07) is 0.0239. The zero-order valence-corrected chi connectivity index (χ0v) is 12.3. The zero-order valence-electron chi connectivity index (χ0n) is 12.3. The summed E-state index contributed by atoms with van der Waals surface area (Å²) in [6.45, 7) is 5.12. The molecule has 6 nitrogen and oxygen atoms in total. The minimum absolute atomic E-state index is 0.0239. The summed E-state index contributed by atoms with van der Waals surface area (Å²) in [6.07, 6.45) is 3.26. The van der Waals surface area contributed by atoms with Crippen molar-refractivity contribution in [1.82, 2.24) is 9.80 Å². The molecule has 0 aromatic heterocycles. The van der Waals surface area contributed by atoms with Gasteiger partial charge in [0.15, 0.2) is 0 Å². The molecule has 0 N–H and O–H groups in total. The predicted molar refractivity (Wildman–Crippen MR) is 71.9 cm³/mol. The number of piperazine rings is 1. The van der Waals surface area contributed by atoms with E-state index in [2.05, 4.69) is 0 Å². The predicted octanol–water partition coefficient (Wildman–Crippen LogP) is 1.53. The largest absolute Gasteiger partial charge is 0.444 e. The lowest BCUT2D eigenvalue weighted by molar-refractivity contribution is -0.153. The van der Waals surface area contributed by atoms with Gasteiger partial charge in [-0.25, -0.2) is 4.79 Å². The molecule has 1 aliphatic heterocycles. The first-order valence-electron chi connectivity index (χ1n) is 7.11. The number of carbonyl (C=O) groups excluding carboxylic acids is 3. The van der Waals surface area contributed by atoms with Crippen LogP contribution in [0.3, 0.4) is 0 Å². The Hall–Kier alpha value is -1.59. The first-order valence-corrected chi connectivity index (χ1v) is 7.11. The van der Waals surface area contributed by atoms with Gasteiger partial charge in [0.1, 0.15) is 18.7 Å². The van der Waals surface area contributed by atoms with E-state index in [1.54, 1.807) is 20.8 Å². The summed E-state index contributed by atoms with van der Waals surface area (Å²) in [5.74, 6) is -0.585. The van der Waals surface area contributed by atoms with E-state index in [1.807, 2.05) is 0 Å². The van der Waals surface area contributed by atoms with Gasteiger partial charge in [0.05, 0.1) is 0 Å². The Morgan fingerprint density at radius 1 is 1.10 bits per heavy atom. The molecule has 1 saturated heterocycles. The van der Waals surface area contributed by atoms with Crippen LogP contribution in [-0.2, 0) is 14.3 Å². The number of rotatable bonds is 1. The van der Waals surface area contributed by atoms with Crippen molar-refractivity contribution < 1.29 is 19.1 Å². The highest BCUT2D eigenvalue weighted by Gasteiger charge is 2.39. The molecule has 0 spiro atoms. The molecule has 112 valence electrons. The standard InChI is InChI=1S/C14H22N2O4/c1-14(2,3)20-13(19)15-8-11(17)16(12(18)9-15)10-6-4-5-7-10/h10H,4-9H2,1-3H3. The van der Waals surface area contributed by atoms with Gasteiger partial charge in [-0.05, 0) is 33.6 Å². The lowest BCUT2D eigenvalue weighted by atomic mass is 10.1. The molecule has 0 aromatic rings. The van der Waals surface area contributed by atoms with Crippen molar-refractivity contribution in [1.29, 1.82) is 0 Å². The van der Waals surface area contributed by atoms with Crippen molar-refractivity contribution in [3.8, 4) is 0 Å². The highest BCUT2D eigenvalue weighted by molar-refractivity contribution is 6.02. The topological polar surface area (TPSA) is 66.9 Å². The van der Waals surface area contributed by atoms with E-state index in [-0.39, 0.29) is 30.9 Å². The van der Waals surface area contributed by atoms with Crippen LogP contribution in [0.4, 0.5) is 4.79 Å². The lowest BCUT2D eigenvalue weighted by Gasteiger charge is -2.36. The van der Waals surface area contributed by atoms with Gasteiger partial charge in [-0.15, -0.1) is 0 Å². The molecule has 1 aliphatic carbocycles. The van der Waals surface area contributed by atoms with Crippen molar-refractivity contribution in [2.45, 2.75) is 58.1 Å². The Morgan fingerprint density at radius 3 is 2.05 bits per heavy atom. The van der Waals surface area contributed by atoms with Crippen LogP contribution in [0.15, 0.2) is 0 Å². The van der Waals surface area contributed by atoms with Gasteiger partial charge in [0.2, 0.25) is 11.8 Å². The molecule has 2 rings (SSSR count). The van der Waals surface area contributed by atoms with Crippen molar-refractivity contribution in [3.63, 3.8) is 0 Å². The Morgan fingerprint density at radius 2 is 1.60 bits per heavy atom. The normalized spacial score (nSPS) is 21.6. The highest BCUT2D eigenvalue weighted by Crippen LogP contribution is 2.25. The second-order valence-electron chi connectivity index (χ2n) is 6.43. The Kier molecular flexibility index (Phi) is 4.01. The third kappa shape index (κ3) is 3.29. The van der Waals surface area contributed by atoms with E-state index < -0.39 is 11.7 Å². The number of carbonyl (C=O) groups is 3. The van der Waals surface area contributed by atoms with E-state index in [9.17, 15) is 14.4 Å². The smallest absolute Gasteiger partial charge is 0.411 e. The van der Waals surface area contributed by atoms with Crippen molar-refractivity contribution in [2.24, 2.45) is 0 Å². The molecular weight excluding hydrogens is 260 g/mol. The molecule has 0 unspecified atom stereocenters. The Balaban J connectivity index is 2.00. The van der Waals surface area contributed by atoms with Crippen molar-refractivity contribution in [2.75, 3.05) is 13.1 Å². The number of nitrogens with zero attached hydrogens (tertiary/aromatic N) is 2. The molecule has 2 aliphatic rings. The molecule has 0 bridgehead atoms. The average molecular weight is 282 g/mol. The van der Waals surface area contributed by atoms with Crippen LogP contribution in [0.1, 0.15) is 46.5 Å². The Labute approximate surface area is 119 Å². The fourth-order valence-corrected chi connectivity index (χ4v) is 2.70. The SMILES string of the molecule is CC(C)(C)OC(=O)N1CC(=O)N(C2CCCC2)C(=O)C1. The fraction of sp³-hybridized carbons (Fsp3) is 0.786. The van der Waals surface area contributed by atoms with E-state index in [4.69, 9.17) is 4.74 Å². The molecule has 3 amide bonds. The lowest BCUT2D eigenvalue weighted by Crippen LogP contribution is -2.58. The molecule has 1 heterocycles. The Bertz CT molecular complexity index is 403. The summed E-state index contributed by atoms with van der Waals surface area (Å²) in [7, 11) is 0. The number of ether oxygens (including phenoxy) is 1. The highest BCUT2D eigenvalue weighted by atomic mass is 16.6. The molecule has 2 fully saturated rings. The summed E-state index contributed by atoms with van der Waals surface area (Å²) in [5.41, 5.74) is -0.633. The fourth-order valence-electron chi connectivity index (χ4n) is 2.70. The summed E-state index contributed by atoms with van der Waals surface area (Å²) < 4.78 is 5.20. The maximum absolute atomic E-state index is 12.1. The molecule has 1 saturated carbocycles. The van der Waals surface area contributed by atoms with Gasteiger partial charge in [0, 0.05) is 6.04 Å². The third-order valence-electron chi connectivity index (χ3n) is 3.53. The summed E-state index contributed by atoms with van der Waals surface area (Å²) in [4.78, 5) is 38.7. The van der Waals surface area contributed by atoms with E-state index in [0.717, 1.165) is 25.7 Å². The molecule has 0 aromatic carbocycles.